The minimum Gasteiger partial charge on any atom is -0.376 e. The number of para-hydroxylation sites is 2. The lowest BCUT2D eigenvalue weighted by Crippen LogP contribution is -2.38. The standard InChI is InChI=1S/C22H21N3O2S3/c26-21(14-28-13-20-23-16-7-1-3-9-18(16)29-20)25(12-15-6-5-11-27-15)22-24-17-8-2-4-10-19(17)30-22/h1-4,7-10,15H,5-6,11-14H2. The Balaban J connectivity index is 1.29. The van der Waals surface area contributed by atoms with Crippen LogP contribution in [-0.4, -0.2) is 40.9 Å². The van der Waals surface area contributed by atoms with Gasteiger partial charge in [0.1, 0.15) is 5.01 Å². The maximum atomic E-state index is 13.2. The lowest BCUT2D eigenvalue weighted by Gasteiger charge is -2.22. The molecule has 0 aliphatic carbocycles. The number of anilines is 1. The van der Waals surface area contributed by atoms with E-state index < -0.39 is 0 Å². The molecular weight excluding hydrogens is 434 g/mol. The molecule has 4 aromatic rings. The Morgan fingerprint density at radius 1 is 1.07 bits per heavy atom. The number of aromatic nitrogens is 2. The van der Waals surface area contributed by atoms with Gasteiger partial charge in [-0.05, 0) is 37.1 Å². The van der Waals surface area contributed by atoms with Gasteiger partial charge in [0.25, 0.3) is 0 Å². The number of ether oxygens (including phenoxy) is 1. The summed E-state index contributed by atoms with van der Waals surface area (Å²) < 4.78 is 8.09. The molecular formula is C22H21N3O2S3. The Bertz CT molecular complexity index is 1100. The summed E-state index contributed by atoms with van der Waals surface area (Å²) in [6, 6.07) is 16.2. The van der Waals surface area contributed by atoms with E-state index in [1.807, 2.05) is 47.4 Å². The lowest BCUT2D eigenvalue weighted by atomic mass is 10.2. The number of fused-ring (bicyclic) bond motifs is 2. The van der Waals surface area contributed by atoms with Gasteiger partial charge in [0.2, 0.25) is 5.91 Å². The molecule has 2 aromatic heterocycles. The van der Waals surface area contributed by atoms with Crippen molar-refractivity contribution in [3.63, 3.8) is 0 Å². The summed E-state index contributed by atoms with van der Waals surface area (Å²) in [5.74, 6) is 1.22. The van der Waals surface area contributed by atoms with Gasteiger partial charge >= 0.3 is 0 Å². The summed E-state index contributed by atoms with van der Waals surface area (Å²) in [5, 5.41) is 1.82. The summed E-state index contributed by atoms with van der Waals surface area (Å²) in [6.45, 7) is 1.35. The molecule has 1 aliphatic rings. The molecule has 0 radical (unpaired) electrons. The first-order chi connectivity index (χ1) is 14.8. The molecule has 5 rings (SSSR count). The molecule has 5 nitrogen and oxygen atoms in total. The van der Waals surface area contributed by atoms with Crippen molar-refractivity contribution in [2.45, 2.75) is 24.7 Å². The zero-order chi connectivity index (χ0) is 20.3. The van der Waals surface area contributed by atoms with E-state index in [4.69, 9.17) is 9.72 Å². The Hall–Kier alpha value is -2.00. The number of thioether (sulfide) groups is 1. The maximum Gasteiger partial charge on any atom is 0.238 e. The second-order valence-corrected chi connectivity index (χ2v) is 10.3. The fourth-order valence-electron chi connectivity index (χ4n) is 3.54. The third-order valence-corrected chi connectivity index (χ3v) is 8.22. The van der Waals surface area contributed by atoms with Gasteiger partial charge in [0, 0.05) is 12.4 Å². The van der Waals surface area contributed by atoms with Crippen molar-refractivity contribution in [3.8, 4) is 0 Å². The second kappa shape index (κ2) is 9.01. The summed E-state index contributed by atoms with van der Waals surface area (Å²) in [4.78, 5) is 24.4. The molecule has 154 valence electrons. The first-order valence-electron chi connectivity index (χ1n) is 9.96. The molecule has 0 bridgehead atoms. The van der Waals surface area contributed by atoms with Crippen LogP contribution >= 0.6 is 34.4 Å². The van der Waals surface area contributed by atoms with E-state index in [1.54, 1.807) is 34.4 Å². The van der Waals surface area contributed by atoms with Crippen LogP contribution in [0.1, 0.15) is 17.8 Å². The average Bonchev–Trinajstić information content (AvgIpc) is 3.50. The van der Waals surface area contributed by atoms with Gasteiger partial charge in [-0.25, -0.2) is 9.97 Å². The first-order valence-corrected chi connectivity index (χ1v) is 12.7. The number of benzene rings is 2. The quantitative estimate of drug-likeness (QED) is 0.376. The summed E-state index contributed by atoms with van der Waals surface area (Å²) in [5.41, 5.74) is 1.96. The number of hydrogen-bond donors (Lipinski definition) is 0. The van der Waals surface area contributed by atoms with Crippen LogP contribution in [0.15, 0.2) is 48.5 Å². The van der Waals surface area contributed by atoms with Gasteiger partial charge in [-0.2, -0.15) is 0 Å². The van der Waals surface area contributed by atoms with Crippen molar-refractivity contribution >= 4 is 65.9 Å². The van der Waals surface area contributed by atoms with Crippen molar-refractivity contribution < 1.29 is 9.53 Å². The lowest BCUT2D eigenvalue weighted by molar-refractivity contribution is -0.116. The summed E-state index contributed by atoms with van der Waals surface area (Å²) in [7, 11) is 0. The molecule has 1 amide bonds. The SMILES string of the molecule is O=C(CSCc1nc2ccccc2s1)N(CC1CCCO1)c1nc2ccccc2s1. The molecule has 30 heavy (non-hydrogen) atoms. The average molecular weight is 456 g/mol. The first kappa shape index (κ1) is 19.9. The summed E-state index contributed by atoms with van der Waals surface area (Å²) >= 11 is 4.87. The molecule has 1 saturated heterocycles. The van der Waals surface area contributed by atoms with E-state index in [2.05, 4.69) is 11.1 Å². The molecule has 0 spiro atoms. The highest BCUT2D eigenvalue weighted by molar-refractivity contribution is 7.99. The number of nitrogens with zero attached hydrogens (tertiary/aromatic N) is 3. The van der Waals surface area contributed by atoms with Crippen LogP contribution in [0.4, 0.5) is 5.13 Å². The number of rotatable bonds is 7. The maximum absolute atomic E-state index is 13.2. The highest BCUT2D eigenvalue weighted by atomic mass is 32.2. The van der Waals surface area contributed by atoms with E-state index in [-0.39, 0.29) is 12.0 Å². The van der Waals surface area contributed by atoms with Gasteiger partial charge in [-0.15, -0.1) is 23.1 Å². The molecule has 1 fully saturated rings. The van der Waals surface area contributed by atoms with Crippen LogP contribution in [0.2, 0.25) is 0 Å². The van der Waals surface area contributed by atoms with Crippen molar-refractivity contribution in [1.82, 2.24) is 9.97 Å². The highest BCUT2D eigenvalue weighted by Crippen LogP contribution is 2.31. The van der Waals surface area contributed by atoms with Crippen LogP contribution in [0, 0.1) is 0 Å². The van der Waals surface area contributed by atoms with E-state index in [0.29, 0.717) is 12.3 Å². The van der Waals surface area contributed by atoms with Gasteiger partial charge < -0.3 is 4.74 Å². The number of thiazole rings is 2. The number of carbonyl (C=O) groups excluding carboxylic acids is 1. The fraction of sp³-hybridized carbons (Fsp3) is 0.318. The van der Waals surface area contributed by atoms with Crippen molar-refractivity contribution in [3.05, 3.63) is 53.5 Å². The predicted octanol–water partition coefficient (Wildman–Crippen LogP) is 5.35. The Morgan fingerprint density at radius 3 is 2.50 bits per heavy atom. The third kappa shape index (κ3) is 4.37. The van der Waals surface area contributed by atoms with E-state index >= 15 is 0 Å². The Kier molecular flexibility index (Phi) is 5.99. The Labute approximate surface area is 187 Å². The second-order valence-electron chi connectivity index (χ2n) is 7.17. The van der Waals surface area contributed by atoms with Gasteiger partial charge in [-0.3, -0.25) is 9.69 Å². The molecule has 1 unspecified atom stereocenters. The van der Waals surface area contributed by atoms with E-state index in [1.165, 1.54) is 4.70 Å². The molecule has 8 heteroatoms. The normalized spacial score (nSPS) is 16.5. The molecule has 0 N–H and O–H groups in total. The van der Waals surface area contributed by atoms with Crippen LogP contribution in [0.25, 0.3) is 20.4 Å². The minimum absolute atomic E-state index is 0.0793. The number of carbonyl (C=O) groups is 1. The molecule has 3 heterocycles. The smallest absolute Gasteiger partial charge is 0.238 e. The zero-order valence-electron chi connectivity index (χ0n) is 16.3. The van der Waals surface area contributed by atoms with Gasteiger partial charge in [0.15, 0.2) is 5.13 Å². The highest BCUT2D eigenvalue weighted by Gasteiger charge is 2.26. The fourth-order valence-corrected chi connectivity index (χ4v) is 6.45. The molecule has 1 atom stereocenters. The molecule has 2 aromatic carbocycles. The van der Waals surface area contributed by atoms with Crippen LogP contribution in [0.5, 0.6) is 0 Å². The molecule has 0 saturated carbocycles. The van der Waals surface area contributed by atoms with Crippen molar-refractivity contribution in [2.24, 2.45) is 0 Å². The third-order valence-electron chi connectivity index (χ3n) is 5.01. The van der Waals surface area contributed by atoms with Crippen molar-refractivity contribution in [2.75, 3.05) is 23.8 Å². The number of hydrogen-bond acceptors (Lipinski definition) is 7. The van der Waals surface area contributed by atoms with Gasteiger partial charge in [0.05, 0.1) is 38.8 Å². The predicted molar refractivity (Wildman–Crippen MR) is 127 cm³/mol. The van der Waals surface area contributed by atoms with E-state index in [9.17, 15) is 4.79 Å². The summed E-state index contributed by atoms with van der Waals surface area (Å²) in [6.07, 6.45) is 2.14. The van der Waals surface area contributed by atoms with Crippen LogP contribution < -0.4 is 4.90 Å². The van der Waals surface area contributed by atoms with Crippen LogP contribution in [0.3, 0.4) is 0 Å². The van der Waals surface area contributed by atoms with Gasteiger partial charge in [-0.1, -0.05) is 35.6 Å². The van der Waals surface area contributed by atoms with E-state index in [0.717, 1.165) is 51.1 Å². The topological polar surface area (TPSA) is 55.3 Å². The Morgan fingerprint density at radius 2 is 1.80 bits per heavy atom. The monoisotopic (exact) mass is 455 g/mol. The van der Waals surface area contributed by atoms with Crippen molar-refractivity contribution in [1.29, 1.82) is 0 Å². The van der Waals surface area contributed by atoms with Crippen LogP contribution in [-0.2, 0) is 15.3 Å². The number of amides is 1. The minimum atomic E-state index is 0.0793. The molecule has 1 aliphatic heterocycles. The largest absolute Gasteiger partial charge is 0.376 e. The zero-order valence-corrected chi connectivity index (χ0v) is 18.8.